The highest BCUT2D eigenvalue weighted by atomic mass is 35.5. The zero-order valence-electron chi connectivity index (χ0n) is 16.6. The van der Waals surface area contributed by atoms with Crippen LogP contribution in [0.3, 0.4) is 0 Å². The zero-order valence-corrected chi connectivity index (χ0v) is 18.2. The lowest BCUT2D eigenvalue weighted by Gasteiger charge is -2.31. The molecule has 1 aromatic carbocycles. The summed E-state index contributed by atoms with van der Waals surface area (Å²) in [6.45, 7) is 0.368. The number of amidine groups is 1. The Bertz CT molecular complexity index is 1090. The van der Waals surface area contributed by atoms with Crippen molar-refractivity contribution in [2.24, 2.45) is 4.99 Å². The van der Waals surface area contributed by atoms with E-state index in [9.17, 15) is 14.0 Å². The van der Waals surface area contributed by atoms with Crippen LogP contribution in [0.25, 0.3) is 0 Å². The van der Waals surface area contributed by atoms with Gasteiger partial charge in [0.25, 0.3) is 0 Å². The molecule has 162 valence electrons. The van der Waals surface area contributed by atoms with E-state index in [1.165, 1.54) is 43.8 Å². The van der Waals surface area contributed by atoms with Gasteiger partial charge in [-0.3, -0.25) is 4.99 Å². The standard InChI is InChI=1S/C20H18ClFN4O4S/c1-29-19(27)15-14-8-11(24-20(28)30-2)9-26(14)17(18-23-5-6-31-18)25-16(15)12-4-3-10(22)7-13(12)21/h3-7,11,16H,8-9H2,1-2H3,(H,24,28)/t11-,16-/m0/s1. The number of halogens is 2. The van der Waals surface area contributed by atoms with Crippen LogP contribution in [-0.2, 0) is 14.3 Å². The fraction of sp³-hybridized carbons (Fsp3) is 0.300. The Balaban J connectivity index is 1.86. The van der Waals surface area contributed by atoms with Gasteiger partial charge in [0.1, 0.15) is 11.9 Å². The molecule has 0 bridgehead atoms. The summed E-state index contributed by atoms with van der Waals surface area (Å²) in [7, 11) is 2.56. The van der Waals surface area contributed by atoms with Gasteiger partial charge in [-0.05, 0) is 12.1 Å². The highest BCUT2D eigenvalue weighted by Crippen LogP contribution is 2.42. The highest BCUT2D eigenvalue weighted by molar-refractivity contribution is 7.11. The average Bonchev–Trinajstić information content (AvgIpc) is 3.42. The van der Waals surface area contributed by atoms with Crippen LogP contribution in [0.1, 0.15) is 23.0 Å². The minimum Gasteiger partial charge on any atom is -0.466 e. The minimum atomic E-state index is -0.817. The van der Waals surface area contributed by atoms with Gasteiger partial charge in [-0.2, -0.15) is 0 Å². The molecule has 1 saturated heterocycles. The second-order valence-corrected chi connectivity index (χ2v) is 8.16. The molecular formula is C20H18ClFN4O4S. The summed E-state index contributed by atoms with van der Waals surface area (Å²) in [5.74, 6) is -0.533. The van der Waals surface area contributed by atoms with Crippen LogP contribution in [0.4, 0.5) is 9.18 Å². The minimum absolute atomic E-state index is 0.143. The molecule has 2 atom stereocenters. The number of rotatable bonds is 4. The van der Waals surface area contributed by atoms with Gasteiger partial charge in [0.15, 0.2) is 10.8 Å². The lowest BCUT2D eigenvalue weighted by Crippen LogP contribution is -2.39. The normalized spacial score (nSPS) is 20.3. The Labute approximate surface area is 186 Å². The van der Waals surface area contributed by atoms with E-state index in [4.69, 9.17) is 26.1 Å². The third-order valence-corrected chi connectivity index (χ3v) is 6.15. The van der Waals surface area contributed by atoms with Gasteiger partial charge in [0, 0.05) is 40.8 Å². The first-order valence-corrected chi connectivity index (χ1v) is 10.5. The van der Waals surface area contributed by atoms with Crippen LogP contribution in [0.5, 0.6) is 0 Å². The molecule has 4 rings (SSSR count). The SMILES string of the molecule is COC(=O)N[C@H]1CC2=C(C(=O)OC)[C@H](c3ccc(F)cc3Cl)N=C(c3nccs3)N2C1. The lowest BCUT2D eigenvalue weighted by atomic mass is 9.94. The molecule has 1 fully saturated rings. The number of esters is 1. The summed E-state index contributed by atoms with van der Waals surface area (Å²) in [4.78, 5) is 35.6. The molecule has 1 amide bonds. The molecule has 2 aromatic rings. The Morgan fingerprint density at radius 2 is 2.13 bits per heavy atom. The molecule has 11 heteroatoms. The fourth-order valence-corrected chi connectivity index (χ4v) is 4.65. The highest BCUT2D eigenvalue weighted by Gasteiger charge is 2.42. The van der Waals surface area contributed by atoms with Crippen LogP contribution in [-0.4, -0.2) is 54.6 Å². The number of hydrogen-bond acceptors (Lipinski definition) is 8. The van der Waals surface area contributed by atoms with E-state index in [0.29, 0.717) is 35.1 Å². The number of thiazole rings is 1. The van der Waals surface area contributed by atoms with E-state index in [2.05, 4.69) is 10.3 Å². The summed E-state index contributed by atoms with van der Waals surface area (Å²) in [5.41, 5.74) is 1.39. The van der Waals surface area contributed by atoms with Crippen LogP contribution < -0.4 is 5.32 Å². The zero-order chi connectivity index (χ0) is 22.1. The van der Waals surface area contributed by atoms with Crippen LogP contribution >= 0.6 is 22.9 Å². The van der Waals surface area contributed by atoms with Gasteiger partial charge in [-0.15, -0.1) is 11.3 Å². The molecular weight excluding hydrogens is 447 g/mol. The third-order valence-electron chi connectivity index (χ3n) is 5.05. The van der Waals surface area contributed by atoms with E-state index in [1.807, 2.05) is 10.3 Å². The topological polar surface area (TPSA) is 93.1 Å². The number of ether oxygens (including phenoxy) is 2. The molecule has 0 spiro atoms. The summed E-state index contributed by atoms with van der Waals surface area (Å²) in [6.07, 6.45) is 1.43. The summed E-state index contributed by atoms with van der Waals surface area (Å²) >= 11 is 7.71. The number of benzene rings is 1. The first-order valence-electron chi connectivity index (χ1n) is 9.29. The predicted octanol–water partition coefficient (Wildman–Crippen LogP) is 3.29. The molecule has 1 aromatic heterocycles. The van der Waals surface area contributed by atoms with Crippen molar-refractivity contribution in [1.29, 1.82) is 0 Å². The predicted molar refractivity (Wildman–Crippen MR) is 112 cm³/mol. The van der Waals surface area contributed by atoms with Gasteiger partial charge in [-0.1, -0.05) is 17.7 Å². The summed E-state index contributed by atoms with van der Waals surface area (Å²) < 4.78 is 23.4. The lowest BCUT2D eigenvalue weighted by molar-refractivity contribution is -0.136. The molecule has 0 unspecified atom stereocenters. The fourth-order valence-electron chi connectivity index (χ4n) is 3.74. The first-order chi connectivity index (χ1) is 14.9. The van der Waals surface area contributed by atoms with Crippen molar-refractivity contribution in [1.82, 2.24) is 15.2 Å². The van der Waals surface area contributed by atoms with E-state index < -0.39 is 23.9 Å². The van der Waals surface area contributed by atoms with Crippen molar-refractivity contribution >= 4 is 40.8 Å². The van der Waals surface area contributed by atoms with Gasteiger partial charge in [-0.25, -0.2) is 19.0 Å². The molecule has 8 nitrogen and oxygen atoms in total. The van der Waals surface area contributed by atoms with Crippen LogP contribution in [0.15, 0.2) is 46.0 Å². The van der Waals surface area contributed by atoms with Crippen LogP contribution in [0, 0.1) is 5.82 Å². The van der Waals surface area contributed by atoms with Crippen molar-refractivity contribution in [3.05, 3.63) is 62.5 Å². The van der Waals surface area contributed by atoms with Crippen molar-refractivity contribution in [3.8, 4) is 0 Å². The number of aliphatic imine (C=N–C) groups is 1. The van der Waals surface area contributed by atoms with E-state index in [1.54, 1.807) is 6.20 Å². The number of amides is 1. The number of carbonyl (C=O) groups excluding carboxylic acids is 2. The van der Waals surface area contributed by atoms with Gasteiger partial charge < -0.3 is 19.7 Å². The maximum absolute atomic E-state index is 13.7. The molecule has 31 heavy (non-hydrogen) atoms. The number of fused-ring (bicyclic) bond motifs is 1. The molecule has 2 aliphatic heterocycles. The average molecular weight is 465 g/mol. The van der Waals surface area contributed by atoms with E-state index >= 15 is 0 Å². The summed E-state index contributed by atoms with van der Waals surface area (Å²) in [6, 6.07) is 2.81. The second kappa shape index (κ2) is 8.64. The number of aromatic nitrogens is 1. The molecule has 1 N–H and O–H groups in total. The van der Waals surface area contributed by atoms with Gasteiger partial charge >= 0.3 is 12.1 Å². The molecule has 3 heterocycles. The third kappa shape index (κ3) is 4.00. The van der Waals surface area contributed by atoms with E-state index in [0.717, 1.165) is 0 Å². The number of alkyl carbamates (subject to hydrolysis) is 1. The Morgan fingerprint density at radius 3 is 2.77 bits per heavy atom. The van der Waals surface area contributed by atoms with Crippen molar-refractivity contribution < 1.29 is 23.5 Å². The van der Waals surface area contributed by atoms with Crippen molar-refractivity contribution in [2.45, 2.75) is 18.5 Å². The largest absolute Gasteiger partial charge is 0.466 e. The number of carbonyl (C=O) groups is 2. The molecule has 2 aliphatic rings. The quantitative estimate of drug-likeness (QED) is 0.698. The molecule has 0 aliphatic carbocycles. The Hall–Kier alpha value is -2.98. The molecule has 0 radical (unpaired) electrons. The number of hydrogen-bond donors (Lipinski definition) is 1. The number of nitrogens with one attached hydrogen (secondary N) is 1. The van der Waals surface area contributed by atoms with Crippen LogP contribution in [0.2, 0.25) is 5.02 Å². The van der Waals surface area contributed by atoms with Crippen molar-refractivity contribution in [3.63, 3.8) is 0 Å². The monoisotopic (exact) mass is 464 g/mol. The Kier molecular flexibility index (Phi) is 5.92. The Morgan fingerprint density at radius 1 is 1.32 bits per heavy atom. The summed E-state index contributed by atoms with van der Waals surface area (Å²) in [5, 5.41) is 5.37. The smallest absolute Gasteiger partial charge is 0.407 e. The maximum atomic E-state index is 13.7. The van der Waals surface area contributed by atoms with Gasteiger partial charge in [0.05, 0.1) is 25.8 Å². The number of methoxy groups -OCH3 is 2. The molecule has 0 saturated carbocycles. The maximum Gasteiger partial charge on any atom is 0.407 e. The van der Waals surface area contributed by atoms with E-state index in [-0.39, 0.29) is 16.6 Å². The number of nitrogens with zero attached hydrogens (tertiary/aromatic N) is 3. The van der Waals surface area contributed by atoms with Crippen molar-refractivity contribution in [2.75, 3.05) is 20.8 Å². The van der Waals surface area contributed by atoms with Gasteiger partial charge in [0.2, 0.25) is 0 Å². The first kappa shape index (κ1) is 21.3. The second-order valence-electron chi connectivity index (χ2n) is 6.86.